The molecule has 2 atom stereocenters. The van der Waals surface area contributed by atoms with E-state index in [1.54, 1.807) is 7.11 Å². The fraction of sp³-hybridized carbons (Fsp3) is 0.467. The lowest BCUT2D eigenvalue weighted by molar-refractivity contribution is -0.428. The Kier molecular flexibility index (Phi) is 4.40. The van der Waals surface area contributed by atoms with Gasteiger partial charge in [0.05, 0.1) is 30.4 Å². The number of nitrogens with zero attached hydrogens (tertiary/aromatic N) is 2. The van der Waals surface area contributed by atoms with E-state index in [1.165, 1.54) is 17.4 Å². The molecule has 1 aromatic rings. The van der Waals surface area contributed by atoms with Crippen molar-refractivity contribution in [2.45, 2.75) is 25.7 Å². The van der Waals surface area contributed by atoms with E-state index < -0.39 is 23.9 Å². The molecule has 0 spiro atoms. The van der Waals surface area contributed by atoms with Gasteiger partial charge in [-0.3, -0.25) is 14.4 Å². The molecule has 0 aromatic heterocycles. The number of imide groups is 1. The number of carbonyl (C=O) groups is 2. The third kappa shape index (κ3) is 2.86. The smallest absolute Gasteiger partial charge is 0.266 e. The summed E-state index contributed by atoms with van der Waals surface area (Å²) in [7, 11) is 1.55. The van der Waals surface area contributed by atoms with E-state index in [0.29, 0.717) is 13.0 Å². The number of amides is 2. The van der Waals surface area contributed by atoms with E-state index in [4.69, 9.17) is 14.4 Å². The Morgan fingerprint density at radius 2 is 2.17 bits per heavy atom. The van der Waals surface area contributed by atoms with Crippen molar-refractivity contribution in [1.29, 1.82) is 0 Å². The van der Waals surface area contributed by atoms with Crippen LogP contribution < -0.4 is 0 Å². The summed E-state index contributed by atoms with van der Waals surface area (Å²) < 4.78 is 19.0. The van der Waals surface area contributed by atoms with E-state index in [9.17, 15) is 14.0 Å². The normalized spacial score (nSPS) is 23.3. The number of fused-ring (bicyclic) bond motifs is 1. The van der Waals surface area contributed by atoms with E-state index >= 15 is 0 Å². The van der Waals surface area contributed by atoms with Gasteiger partial charge in [0.25, 0.3) is 11.8 Å². The Balaban J connectivity index is 1.79. The number of carbonyl (C=O) groups excluding carboxylic acids is 2. The molecule has 23 heavy (non-hydrogen) atoms. The van der Waals surface area contributed by atoms with Gasteiger partial charge in [0.1, 0.15) is 5.82 Å². The van der Waals surface area contributed by atoms with Gasteiger partial charge in [0.15, 0.2) is 6.23 Å². The second-order valence-corrected chi connectivity index (χ2v) is 5.39. The van der Waals surface area contributed by atoms with Gasteiger partial charge in [-0.25, -0.2) is 14.1 Å². The first-order valence-electron chi connectivity index (χ1n) is 7.29. The summed E-state index contributed by atoms with van der Waals surface area (Å²) in [5, 5.41) is 1.20. The first-order valence-corrected chi connectivity index (χ1v) is 7.29. The maximum atomic E-state index is 13.9. The molecule has 1 fully saturated rings. The highest BCUT2D eigenvalue weighted by Gasteiger charge is 2.44. The van der Waals surface area contributed by atoms with E-state index in [1.807, 2.05) is 6.92 Å². The lowest BCUT2D eigenvalue weighted by Gasteiger charge is -2.35. The molecule has 7 nitrogen and oxygen atoms in total. The maximum absolute atomic E-state index is 13.9. The molecule has 2 heterocycles. The number of methoxy groups -OCH3 is 1. The quantitative estimate of drug-likeness (QED) is 0.779. The van der Waals surface area contributed by atoms with Crippen LogP contribution in [0.2, 0.25) is 0 Å². The van der Waals surface area contributed by atoms with E-state index in [0.717, 1.165) is 11.0 Å². The van der Waals surface area contributed by atoms with Gasteiger partial charge in [-0.2, -0.15) is 0 Å². The Morgan fingerprint density at radius 1 is 1.39 bits per heavy atom. The SMILES string of the molecule is COC(C)CN1OCCC(N2C(=O)c3cccc(F)c3C2=O)O1. The Labute approximate surface area is 132 Å². The highest BCUT2D eigenvalue weighted by Crippen LogP contribution is 2.29. The summed E-state index contributed by atoms with van der Waals surface area (Å²) in [5.74, 6) is -1.95. The molecule has 0 radical (unpaired) electrons. The third-order valence-corrected chi connectivity index (χ3v) is 3.83. The lowest BCUT2D eigenvalue weighted by atomic mass is 10.1. The van der Waals surface area contributed by atoms with Crippen LogP contribution >= 0.6 is 0 Å². The Hall–Kier alpha value is -1.87. The van der Waals surface area contributed by atoms with Crippen molar-refractivity contribution < 1.29 is 28.4 Å². The summed E-state index contributed by atoms with van der Waals surface area (Å²) in [6, 6.07) is 3.99. The molecule has 2 amide bonds. The van der Waals surface area contributed by atoms with Crippen LogP contribution in [0.15, 0.2) is 18.2 Å². The predicted octanol–water partition coefficient (Wildman–Crippen LogP) is 1.35. The van der Waals surface area contributed by atoms with Gasteiger partial charge in [0, 0.05) is 13.5 Å². The van der Waals surface area contributed by atoms with Crippen LogP contribution in [-0.2, 0) is 14.4 Å². The molecule has 1 saturated heterocycles. The second kappa shape index (κ2) is 6.32. The fourth-order valence-electron chi connectivity index (χ4n) is 2.55. The second-order valence-electron chi connectivity index (χ2n) is 5.39. The molecule has 3 rings (SSSR count). The van der Waals surface area contributed by atoms with Crippen LogP contribution in [0.5, 0.6) is 0 Å². The minimum atomic E-state index is -0.834. The minimum Gasteiger partial charge on any atom is -0.380 e. The van der Waals surface area contributed by atoms with Crippen LogP contribution in [0.25, 0.3) is 0 Å². The average molecular weight is 324 g/mol. The van der Waals surface area contributed by atoms with Crippen molar-refractivity contribution in [2.24, 2.45) is 0 Å². The van der Waals surface area contributed by atoms with Crippen LogP contribution in [0.4, 0.5) is 4.39 Å². The molecular weight excluding hydrogens is 307 g/mol. The molecule has 0 aliphatic carbocycles. The van der Waals surface area contributed by atoms with Crippen molar-refractivity contribution in [2.75, 3.05) is 20.3 Å². The zero-order valence-electron chi connectivity index (χ0n) is 12.8. The van der Waals surface area contributed by atoms with Crippen molar-refractivity contribution in [3.63, 3.8) is 0 Å². The summed E-state index contributed by atoms with van der Waals surface area (Å²) in [6.07, 6.45) is -0.682. The highest BCUT2D eigenvalue weighted by molar-refractivity contribution is 6.21. The molecular formula is C15H17FN2O5. The number of rotatable bonds is 4. The number of hydroxylamine groups is 2. The van der Waals surface area contributed by atoms with E-state index in [2.05, 4.69) is 0 Å². The number of benzene rings is 1. The molecule has 2 unspecified atom stereocenters. The number of halogens is 1. The molecule has 0 saturated carbocycles. The maximum Gasteiger partial charge on any atom is 0.266 e. The Morgan fingerprint density at radius 3 is 2.87 bits per heavy atom. The van der Waals surface area contributed by atoms with Gasteiger partial charge in [0.2, 0.25) is 0 Å². The van der Waals surface area contributed by atoms with Gasteiger partial charge in [-0.05, 0) is 19.1 Å². The average Bonchev–Trinajstić information content (AvgIpc) is 2.80. The molecule has 0 bridgehead atoms. The van der Waals surface area contributed by atoms with Gasteiger partial charge in [-0.15, -0.1) is 0 Å². The largest absolute Gasteiger partial charge is 0.380 e. The number of hydrogen-bond donors (Lipinski definition) is 0. The minimum absolute atomic E-state index is 0.0573. The van der Waals surface area contributed by atoms with Crippen LogP contribution in [0.3, 0.4) is 0 Å². The van der Waals surface area contributed by atoms with Crippen molar-refractivity contribution >= 4 is 11.8 Å². The highest BCUT2D eigenvalue weighted by atomic mass is 19.1. The van der Waals surface area contributed by atoms with Crippen LogP contribution in [0.1, 0.15) is 34.1 Å². The molecule has 1 aromatic carbocycles. The van der Waals surface area contributed by atoms with Gasteiger partial charge in [-0.1, -0.05) is 11.3 Å². The number of ether oxygens (including phenoxy) is 1. The molecule has 8 heteroatoms. The first kappa shape index (κ1) is 16.0. The Bertz CT molecular complexity index is 638. The summed E-state index contributed by atoms with van der Waals surface area (Å²) in [5.41, 5.74) is -0.147. The molecule has 2 aliphatic rings. The summed E-state index contributed by atoms with van der Waals surface area (Å²) in [6.45, 7) is 2.41. The number of hydrogen-bond acceptors (Lipinski definition) is 6. The zero-order chi connectivity index (χ0) is 16.6. The van der Waals surface area contributed by atoms with Crippen molar-refractivity contribution in [3.05, 3.63) is 35.1 Å². The summed E-state index contributed by atoms with van der Waals surface area (Å²) >= 11 is 0. The molecule has 2 aliphatic heterocycles. The topological polar surface area (TPSA) is 68.3 Å². The van der Waals surface area contributed by atoms with Crippen molar-refractivity contribution in [3.8, 4) is 0 Å². The molecule has 124 valence electrons. The zero-order valence-corrected chi connectivity index (χ0v) is 12.8. The third-order valence-electron chi connectivity index (χ3n) is 3.83. The molecule has 0 N–H and O–H groups in total. The van der Waals surface area contributed by atoms with Crippen LogP contribution in [0, 0.1) is 5.82 Å². The standard InChI is InChI=1S/C15H17FN2O5/c1-9(21-2)8-17-22-7-6-12(23-17)18-14(19)10-4-3-5-11(16)13(10)15(18)20/h3-5,9,12H,6-8H2,1-2H3. The van der Waals surface area contributed by atoms with Gasteiger partial charge < -0.3 is 4.74 Å². The fourth-order valence-corrected chi connectivity index (χ4v) is 2.55. The van der Waals surface area contributed by atoms with Gasteiger partial charge >= 0.3 is 0 Å². The lowest BCUT2D eigenvalue weighted by Crippen LogP contribution is -2.50. The van der Waals surface area contributed by atoms with Crippen molar-refractivity contribution in [1.82, 2.24) is 10.1 Å². The van der Waals surface area contributed by atoms with E-state index in [-0.39, 0.29) is 23.8 Å². The summed E-state index contributed by atoms with van der Waals surface area (Å²) in [4.78, 5) is 36.6. The van der Waals surface area contributed by atoms with Crippen LogP contribution in [-0.4, -0.2) is 54.5 Å². The first-order chi connectivity index (χ1) is 11.0. The predicted molar refractivity (Wildman–Crippen MR) is 75.5 cm³/mol. The monoisotopic (exact) mass is 324 g/mol.